The molecular formula is C9H18N2O2. The number of ether oxygens (including phenoxy) is 1. The Hall–Kier alpha value is -0.610. The summed E-state index contributed by atoms with van der Waals surface area (Å²) in [4.78, 5) is 13.1. The number of carbonyl (C=O) groups is 1. The van der Waals surface area contributed by atoms with Crippen molar-refractivity contribution in [2.24, 2.45) is 0 Å². The summed E-state index contributed by atoms with van der Waals surface area (Å²) in [5.41, 5.74) is 0. The lowest BCUT2D eigenvalue weighted by atomic mass is 10.2. The molecule has 0 aliphatic carbocycles. The van der Waals surface area contributed by atoms with Gasteiger partial charge >= 0.3 is 0 Å². The smallest absolute Gasteiger partial charge is 0.248 e. The molecule has 2 heterocycles. The van der Waals surface area contributed by atoms with Crippen molar-refractivity contribution < 1.29 is 9.53 Å². The van der Waals surface area contributed by atoms with Crippen LogP contribution in [0.4, 0.5) is 0 Å². The average Bonchev–Trinajstić information content (AvgIpc) is 2.22. The molecule has 1 N–H and O–H groups in total. The second kappa shape index (κ2) is 5.19. The van der Waals surface area contributed by atoms with E-state index in [-0.39, 0.29) is 18.6 Å². The molecule has 1 unspecified atom stereocenters. The molecule has 1 atom stereocenters. The second-order valence-electron chi connectivity index (χ2n) is 2.96. The van der Waals surface area contributed by atoms with Crippen LogP contribution in [-0.2, 0) is 9.53 Å². The third kappa shape index (κ3) is 2.42. The Balaban J connectivity index is 0.000000396. The Morgan fingerprint density at radius 1 is 1.54 bits per heavy atom. The zero-order chi connectivity index (χ0) is 9.68. The molecule has 1 amide bonds. The largest absolute Gasteiger partial charge is 0.369 e. The molecule has 2 saturated heterocycles. The van der Waals surface area contributed by atoms with Gasteiger partial charge in [0.2, 0.25) is 5.91 Å². The second-order valence-corrected chi connectivity index (χ2v) is 2.96. The number of morpholine rings is 1. The zero-order valence-electron chi connectivity index (χ0n) is 8.38. The molecule has 76 valence electrons. The van der Waals surface area contributed by atoms with E-state index in [4.69, 9.17) is 4.74 Å². The zero-order valence-corrected chi connectivity index (χ0v) is 8.38. The Bertz CT molecular complexity index is 171. The van der Waals surface area contributed by atoms with Crippen molar-refractivity contribution >= 4 is 5.91 Å². The van der Waals surface area contributed by atoms with E-state index in [9.17, 15) is 4.79 Å². The summed E-state index contributed by atoms with van der Waals surface area (Å²) in [7, 11) is 0. The van der Waals surface area contributed by atoms with Gasteiger partial charge in [-0.05, 0) is 0 Å². The van der Waals surface area contributed by atoms with Crippen LogP contribution in [0.2, 0.25) is 0 Å². The van der Waals surface area contributed by atoms with Crippen LogP contribution < -0.4 is 5.32 Å². The fourth-order valence-electron chi connectivity index (χ4n) is 1.60. The summed E-state index contributed by atoms with van der Waals surface area (Å²) >= 11 is 0. The molecule has 0 saturated carbocycles. The highest BCUT2D eigenvalue weighted by Crippen LogP contribution is 2.09. The van der Waals surface area contributed by atoms with Crippen molar-refractivity contribution in [3.8, 4) is 0 Å². The molecule has 0 aromatic heterocycles. The van der Waals surface area contributed by atoms with Crippen LogP contribution in [0.25, 0.3) is 0 Å². The van der Waals surface area contributed by atoms with Gasteiger partial charge < -0.3 is 15.0 Å². The van der Waals surface area contributed by atoms with Gasteiger partial charge in [0.15, 0.2) is 0 Å². The van der Waals surface area contributed by atoms with Crippen molar-refractivity contribution in [3.63, 3.8) is 0 Å². The number of amides is 1. The lowest BCUT2D eigenvalue weighted by molar-refractivity contribution is -0.149. The van der Waals surface area contributed by atoms with Crippen LogP contribution in [0.15, 0.2) is 0 Å². The standard InChI is InChI=1S/C7H12N2O2.C2H6/c10-7-5-11-4-6-3-8-1-2-9(6)7;1-2/h6,8H,1-5H2;1-2H3. The predicted octanol–water partition coefficient (Wildman–Crippen LogP) is -0.157. The van der Waals surface area contributed by atoms with Crippen LogP contribution in [0.1, 0.15) is 13.8 Å². The predicted molar refractivity (Wildman–Crippen MR) is 50.5 cm³/mol. The summed E-state index contributed by atoms with van der Waals surface area (Å²) in [6.45, 7) is 7.61. The van der Waals surface area contributed by atoms with Gasteiger partial charge in [-0.25, -0.2) is 0 Å². The van der Waals surface area contributed by atoms with Gasteiger partial charge in [0, 0.05) is 19.6 Å². The molecule has 4 nitrogen and oxygen atoms in total. The molecule has 4 heteroatoms. The van der Waals surface area contributed by atoms with Crippen LogP contribution in [0, 0.1) is 0 Å². The van der Waals surface area contributed by atoms with Gasteiger partial charge in [-0.3, -0.25) is 4.79 Å². The Morgan fingerprint density at radius 2 is 2.31 bits per heavy atom. The summed E-state index contributed by atoms with van der Waals surface area (Å²) in [6.07, 6.45) is 0. The number of rotatable bonds is 0. The quantitative estimate of drug-likeness (QED) is 0.571. The molecule has 0 bridgehead atoms. The van der Waals surface area contributed by atoms with Gasteiger partial charge in [0.1, 0.15) is 6.61 Å². The Labute approximate surface area is 79.2 Å². The van der Waals surface area contributed by atoms with Crippen LogP contribution >= 0.6 is 0 Å². The number of fused-ring (bicyclic) bond motifs is 1. The summed E-state index contributed by atoms with van der Waals surface area (Å²) in [5, 5.41) is 3.23. The van der Waals surface area contributed by atoms with E-state index >= 15 is 0 Å². The SMILES string of the molecule is CC.O=C1COCC2CNCCN12. The van der Waals surface area contributed by atoms with Gasteiger partial charge in [-0.2, -0.15) is 0 Å². The topological polar surface area (TPSA) is 41.6 Å². The van der Waals surface area contributed by atoms with Gasteiger partial charge in [0.05, 0.1) is 12.6 Å². The lowest BCUT2D eigenvalue weighted by Crippen LogP contribution is -2.59. The third-order valence-corrected chi connectivity index (χ3v) is 2.21. The van der Waals surface area contributed by atoms with Gasteiger partial charge in [-0.15, -0.1) is 0 Å². The lowest BCUT2D eigenvalue weighted by Gasteiger charge is -2.39. The first-order valence-corrected chi connectivity index (χ1v) is 4.96. The molecule has 13 heavy (non-hydrogen) atoms. The minimum Gasteiger partial charge on any atom is -0.369 e. The van der Waals surface area contributed by atoms with E-state index in [2.05, 4.69) is 5.32 Å². The minimum absolute atomic E-state index is 0.141. The maximum atomic E-state index is 11.2. The van der Waals surface area contributed by atoms with Crippen molar-refractivity contribution in [2.45, 2.75) is 19.9 Å². The fourth-order valence-corrected chi connectivity index (χ4v) is 1.60. The molecule has 2 rings (SSSR count). The molecule has 0 spiro atoms. The van der Waals surface area contributed by atoms with Crippen LogP contribution in [-0.4, -0.2) is 49.7 Å². The molecule has 2 fully saturated rings. The van der Waals surface area contributed by atoms with E-state index in [1.54, 1.807) is 0 Å². The first kappa shape index (κ1) is 10.5. The normalized spacial score (nSPS) is 27.4. The van der Waals surface area contributed by atoms with E-state index in [1.807, 2.05) is 18.7 Å². The van der Waals surface area contributed by atoms with Crippen molar-refractivity contribution in [1.82, 2.24) is 10.2 Å². The van der Waals surface area contributed by atoms with E-state index in [0.717, 1.165) is 19.6 Å². The molecule has 0 aromatic carbocycles. The summed E-state index contributed by atoms with van der Waals surface area (Å²) < 4.78 is 5.12. The molecule has 2 aliphatic heterocycles. The number of piperazine rings is 1. The number of nitrogens with one attached hydrogen (secondary N) is 1. The number of hydrogen-bond donors (Lipinski definition) is 1. The van der Waals surface area contributed by atoms with Gasteiger partial charge in [-0.1, -0.05) is 13.8 Å². The van der Waals surface area contributed by atoms with E-state index in [1.165, 1.54) is 0 Å². The highest BCUT2D eigenvalue weighted by molar-refractivity contribution is 5.78. The maximum absolute atomic E-state index is 11.2. The third-order valence-electron chi connectivity index (χ3n) is 2.21. The van der Waals surface area contributed by atoms with Gasteiger partial charge in [0.25, 0.3) is 0 Å². The number of carbonyl (C=O) groups excluding carboxylic acids is 1. The molecule has 0 aromatic rings. The van der Waals surface area contributed by atoms with Crippen molar-refractivity contribution in [3.05, 3.63) is 0 Å². The monoisotopic (exact) mass is 186 g/mol. The van der Waals surface area contributed by atoms with Crippen LogP contribution in [0.3, 0.4) is 0 Å². The highest BCUT2D eigenvalue weighted by Gasteiger charge is 2.30. The fraction of sp³-hybridized carbons (Fsp3) is 0.889. The number of hydrogen-bond acceptors (Lipinski definition) is 3. The molecule has 2 aliphatic rings. The van der Waals surface area contributed by atoms with E-state index in [0.29, 0.717) is 6.61 Å². The maximum Gasteiger partial charge on any atom is 0.248 e. The van der Waals surface area contributed by atoms with Crippen LogP contribution in [0.5, 0.6) is 0 Å². The molecule has 0 radical (unpaired) electrons. The first-order chi connectivity index (χ1) is 6.38. The Kier molecular flexibility index (Phi) is 4.18. The minimum atomic E-state index is 0.141. The average molecular weight is 186 g/mol. The number of nitrogens with zero attached hydrogens (tertiary/aromatic N) is 1. The van der Waals surface area contributed by atoms with E-state index < -0.39 is 0 Å². The molecular weight excluding hydrogens is 168 g/mol. The summed E-state index contributed by atoms with van der Waals surface area (Å²) in [5.74, 6) is 0.141. The summed E-state index contributed by atoms with van der Waals surface area (Å²) in [6, 6.07) is 0.282. The highest BCUT2D eigenvalue weighted by atomic mass is 16.5. The Morgan fingerprint density at radius 3 is 3.00 bits per heavy atom. The van der Waals surface area contributed by atoms with Crippen molar-refractivity contribution in [2.75, 3.05) is 32.8 Å². The van der Waals surface area contributed by atoms with Crippen molar-refractivity contribution in [1.29, 1.82) is 0 Å². The first-order valence-electron chi connectivity index (χ1n) is 4.96.